The van der Waals surface area contributed by atoms with Crippen LogP contribution in [0, 0.1) is 5.92 Å². The van der Waals surface area contributed by atoms with Crippen LogP contribution in [0.1, 0.15) is 25.3 Å². The molecule has 152 valence electrons. The van der Waals surface area contributed by atoms with Gasteiger partial charge in [-0.05, 0) is 32.4 Å². The molecule has 27 heavy (non-hydrogen) atoms. The lowest BCUT2D eigenvalue weighted by atomic mass is 9.98. The summed E-state index contributed by atoms with van der Waals surface area (Å²) in [5.41, 5.74) is 1.31. The van der Waals surface area contributed by atoms with Gasteiger partial charge >= 0.3 is 5.97 Å². The molecule has 0 aliphatic carbocycles. The second-order valence-corrected chi connectivity index (χ2v) is 6.73. The Morgan fingerprint density at radius 1 is 1.37 bits per heavy atom. The van der Waals surface area contributed by atoms with Crippen LogP contribution in [0.4, 0.5) is 0 Å². The van der Waals surface area contributed by atoms with Crippen molar-refractivity contribution in [2.45, 2.75) is 26.3 Å². The van der Waals surface area contributed by atoms with Crippen LogP contribution in [0.3, 0.4) is 0 Å². The Morgan fingerprint density at radius 2 is 2.11 bits per heavy atom. The number of rotatable bonds is 7. The first kappa shape index (κ1) is 23.7. The van der Waals surface area contributed by atoms with Gasteiger partial charge in [0.25, 0.3) is 0 Å². The summed E-state index contributed by atoms with van der Waals surface area (Å²) < 4.78 is 5.18. The minimum Gasteiger partial charge on any atom is -0.466 e. The van der Waals surface area contributed by atoms with Crippen molar-refractivity contribution in [3.05, 3.63) is 35.9 Å². The normalized spacial score (nSPS) is 17.4. The van der Waals surface area contributed by atoms with Crippen molar-refractivity contribution >= 4 is 35.9 Å². The molecular formula is C20H33IN4O2. The first-order valence-corrected chi connectivity index (χ1v) is 9.48. The average molecular weight is 488 g/mol. The van der Waals surface area contributed by atoms with Gasteiger partial charge in [-0.3, -0.25) is 9.79 Å². The molecular weight excluding hydrogens is 455 g/mol. The number of halogens is 1. The number of hydrogen-bond acceptors (Lipinski definition) is 4. The Kier molecular flexibility index (Phi) is 11.3. The number of hydrogen-bond donors (Lipinski definition) is 1. The van der Waals surface area contributed by atoms with E-state index in [2.05, 4.69) is 51.4 Å². The number of piperidine rings is 1. The maximum Gasteiger partial charge on any atom is 0.310 e. The SMILES string of the molecule is CCOC(=O)C1CCCN(C(=NC)NCCN(C)Cc2ccccc2)C1.I. The van der Waals surface area contributed by atoms with Gasteiger partial charge in [0.05, 0.1) is 12.5 Å². The van der Waals surface area contributed by atoms with Crippen LogP contribution >= 0.6 is 24.0 Å². The summed E-state index contributed by atoms with van der Waals surface area (Å²) in [6, 6.07) is 10.5. The molecule has 7 heteroatoms. The lowest BCUT2D eigenvalue weighted by Crippen LogP contribution is -2.49. The molecule has 0 bridgehead atoms. The van der Waals surface area contributed by atoms with E-state index in [-0.39, 0.29) is 35.9 Å². The lowest BCUT2D eigenvalue weighted by Gasteiger charge is -2.34. The van der Waals surface area contributed by atoms with Crippen molar-refractivity contribution in [2.75, 3.05) is 46.9 Å². The topological polar surface area (TPSA) is 57.2 Å². The molecule has 6 nitrogen and oxygen atoms in total. The highest BCUT2D eigenvalue weighted by molar-refractivity contribution is 14.0. The lowest BCUT2D eigenvalue weighted by molar-refractivity contribution is -0.149. The van der Waals surface area contributed by atoms with E-state index in [0.717, 1.165) is 45.0 Å². The van der Waals surface area contributed by atoms with E-state index in [0.29, 0.717) is 13.2 Å². The Morgan fingerprint density at radius 3 is 2.78 bits per heavy atom. The second-order valence-electron chi connectivity index (χ2n) is 6.73. The summed E-state index contributed by atoms with van der Waals surface area (Å²) in [4.78, 5) is 20.9. The average Bonchev–Trinajstić information content (AvgIpc) is 2.66. The van der Waals surface area contributed by atoms with E-state index >= 15 is 0 Å². The van der Waals surface area contributed by atoms with E-state index < -0.39 is 0 Å². The molecule has 0 radical (unpaired) electrons. The molecule has 1 heterocycles. The first-order valence-electron chi connectivity index (χ1n) is 9.48. The quantitative estimate of drug-likeness (QED) is 0.277. The third-order valence-corrected chi connectivity index (χ3v) is 4.62. The third kappa shape index (κ3) is 8.04. The van der Waals surface area contributed by atoms with Crippen LogP contribution < -0.4 is 5.32 Å². The first-order chi connectivity index (χ1) is 12.6. The molecule has 1 N–H and O–H groups in total. The summed E-state index contributed by atoms with van der Waals surface area (Å²) in [5, 5.41) is 3.43. The standard InChI is InChI=1S/C20H32N4O2.HI/c1-4-26-19(25)18-11-8-13-24(16-18)20(21-2)22-12-14-23(3)15-17-9-6-5-7-10-17;/h5-7,9-10,18H,4,8,11-16H2,1-3H3,(H,21,22);1H. The van der Waals surface area contributed by atoms with E-state index in [9.17, 15) is 4.79 Å². The molecule has 1 aliphatic rings. The zero-order valence-corrected chi connectivity index (χ0v) is 19.0. The predicted molar refractivity (Wildman–Crippen MR) is 120 cm³/mol. The number of carbonyl (C=O) groups is 1. The highest BCUT2D eigenvalue weighted by Crippen LogP contribution is 2.18. The van der Waals surface area contributed by atoms with Crippen molar-refractivity contribution in [3.8, 4) is 0 Å². The molecule has 1 aromatic carbocycles. The number of benzene rings is 1. The van der Waals surface area contributed by atoms with Gasteiger partial charge in [0.1, 0.15) is 0 Å². The van der Waals surface area contributed by atoms with Crippen LogP contribution in [0.5, 0.6) is 0 Å². The summed E-state index contributed by atoms with van der Waals surface area (Å²) in [7, 11) is 3.92. The number of aliphatic imine (C=N–C) groups is 1. The molecule has 0 saturated carbocycles. The number of nitrogens with zero attached hydrogens (tertiary/aromatic N) is 3. The molecule has 1 saturated heterocycles. The van der Waals surface area contributed by atoms with E-state index in [1.165, 1.54) is 5.56 Å². The smallest absolute Gasteiger partial charge is 0.310 e. The van der Waals surface area contributed by atoms with E-state index in [1.54, 1.807) is 7.05 Å². The van der Waals surface area contributed by atoms with Crippen molar-refractivity contribution in [3.63, 3.8) is 0 Å². The fourth-order valence-corrected chi connectivity index (χ4v) is 3.29. The van der Waals surface area contributed by atoms with Crippen LogP contribution in [-0.2, 0) is 16.1 Å². The van der Waals surface area contributed by atoms with Gasteiger partial charge in [-0.2, -0.15) is 0 Å². The zero-order chi connectivity index (χ0) is 18.8. The molecule has 1 aromatic rings. The van der Waals surface area contributed by atoms with Gasteiger partial charge in [-0.1, -0.05) is 30.3 Å². The number of likely N-dealkylation sites (N-methyl/N-ethyl adjacent to an activating group) is 1. The molecule has 0 aromatic heterocycles. The summed E-state index contributed by atoms with van der Waals surface area (Å²) >= 11 is 0. The van der Waals surface area contributed by atoms with Crippen LogP contribution in [0.25, 0.3) is 0 Å². The van der Waals surface area contributed by atoms with E-state index in [1.807, 2.05) is 13.0 Å². The van der Waals surface area contributed by atoms with Gasteiger partial charge in [-0.25, -0.2) is 0 Å². The van der Waals surface area contributed by atoms with Crippen molar-refractivity contribution in [1.29, 1.82) is 0 Å². The molecule has 1 unspecified atom stereocenters. The minimum atomic E-state index is -0.0877. The van der Waals surface area contributed by atoms with Gasteiger partial charge < -0.3 is 19.9 Å². The maximum absolute atomic E-state index is 12.0. The highest BCUT2D eigenvalue weighted by atomic mass is 127. The van der Waals surface area contributed by atoms with Crippen LogP contribution in [0.15, 0.2) is 35.3 Å². The fraction of sp³-hybridized carbons (Fsp3) is 0.600. The van der Waals surface area contributed by atoms with Crippen LogP contribution in [0.2, 0.25) is 0 Å². The summed E-state index contributed by atoms with van der Waals surface area (Å²) in [6.07, 6.45) is 1.88. The Hall–Kier alpha value is -1.35. The van der Waals surface area contributed by atoms with Gasteiger partial charge in [0.15, 0.2) is 5.96 Å². The van der Waals surface area contributed by atoms with Gasteiger partial charge in [0.2, 0.25) is 0 Å². The van der Waals surface area contributed by atoms with Gasteiger partial charge in [-0.15, -0.1) is 24.0 Å². The summed E-state index contributed by atoms with van der Waals surface area (Å²) in [5.74, 6) is 0.727. The van der Waals surface area contributed by atoms with Gasteiger partial charge in [0, 0.05) is 39.8 Å². The second kappa shape index (κ2) is 12.9. The number of nitrogens with one attached hydrogen (secondary N) is 1. The Balaban J connectivity index is 0.00000364. The van der Waals surface area contributed by atoms with Crippen LogP contribution in [-0.4, -0.2) is 68.6 Å². The number of likely N-dealkylation sites (tertiary alicyclic amines) is 1. The van der Waals surface area contributed by atoms with Crippen molar-refractivity contribution < 1.29 is 9.53 Å². The number of ether oxygens (including phenoxy) is 1. The molecule has 1 atom stereocenters. The largest absolute Gasteiger partial charge is 0.466 e. The van der Waals surface area contributed by atoms with Crippen molar-refractivity contribution in [2.24, 2.45) is 10.9 Å². The molecule has 0 spiro atoms. The number of guanidine groups is 1. The Bertz CT molecular complexity index is 583. The molecule has 1 aliphatic heterocycles. The molecule has 2 rings (SSSR count). The minimum absolute atomic E-state index is 0. The summed E-state index contributed by atoms with van der Waals surface area (Å²) in [6.45, 7) is 6.56. The molecule has 0 amide bonds. The highest BCUT2D eigenvalue weighted by Gasteiger charge is 2.28. The monoisotopic (exact) mass is 488 g/mol. The van der Waals surface area contributed by atoms with E-state index in [4.69, 9.17) is 4.74 Å². The maximum atomic E-state index is 12.0. The zero-order valence-electron chi connectivity index (χ0n) is 16.7. The number of esters is 1. The Labute approximate surface area is 180 Å². The number of carbonyl (C=O) groups excluding carboxylic acids is 1. The predicted octanol–water partition coefficient (Wildman–Crippen LogP) is 2.59. The molecule has 1 fully saturated rings. The fourth-order valence-electron chi connectivity index (χ4n) is 3.29. The van der Waals surface area contributed by atoms with Crippen molar-refractivity contribution in [1.82, 2.24) is 15.1 Å². The third-order valence-electron chi connectivity index (χ3n) is 4.62.